The van der Waals surface area contributed by atoms with Gasteiger partial charge in [-0.05, 0) is 36.0 Å². The van der Waals surface area contributed by atoms with Gasteiger partial charge in [-0.3, -0.25) is 0 Å². The minimum absolute atomic E-state index is 0.351. The van der Waals surface area contributed by atoms with Crippen molar-refractivity contribution in [2.75, 3.05) is 6.79 Å². The molecule has 1 fully saturated rings. The molecule has 19 heavy (non-hydrogen) atoms. The molecule has 1 heterocycles. The van der Waals surface area contributed by atoms with E-state index in [4.69, 9.17) is 9.47 Å². The van der Waals surface area contributed by atoms with E-state index in [-0.39, 0.29) is 0 Å². The van der Waals surface area contributed by atoms with Crippen LogP contribution in [-0.2, 0) is 6.54 Å². The predicted molar refractivity (Wildman–Crippen MR) is 75.4 cm³/mol. The molecular weight excluding hydrogens is 238 g/mol. The Morgan fingerprint density at radius 1 is 1.16 bits per heavy atom. The van der Waals surface area contributed by atoms with Crippen molar-refractivity contribution >= 4 is 0 Å². The third kappa shape index (κ3) is 2.71. The summed E-state index contributed by atoms with van der Waals surface area (Å²) in [6.07, 6.45) is 4.03. The van der Waals surface area contributed by atoms with Crippen LogP contribution in [0.4, 0.5) is 0 Å². The van der Waals surface area contributed by atoms with Gasteiger partial charge in [0.1, 0.15) is 0 Å². The topological polar surface area (TPSA) is 30.5 Å². The van der Waals surface area contributed by atoms with Gasteiger partial charge in [0.15, 0.2) is 11.5 Å². The molecule has 2 aliphatic rings. The van der Waals surface area contributed by atoms with Crippen molar-refractivity contribution < 1.29 is 9.47 Å². The summed E-state index contributed by atoms with van der Waals surface area (Å²) in [6.45, 7) is 6.02. The average molecular weight is 261 g/mol. The van der Waals surface area contributed by atoms with E-state index in [0.29, 0.717) is 12.8 Å². The Morgan fingerprint density at radius 2 is 2.00 bits per heavy atom. The van der Waals surface area contributed by atoms with Crippen molar-refractivity contribution in [1.29, 1.82) is 0 Å². The van der Waals surface area contributed by atoms with E-state index >= 15 is 0 Å². The zero-order chi connectivity index (χ0) is 13.2. The molecular formula is C16H23NO2. The van der Waals surface area contributed by atoms with E-state index in [9.17, 15) is 0 Å². The van der Waals surface area contributed by atoms with Gasteiger partial charge in [0.25, 0.3) is 0 Å². The standard InChI is InChI=1S/C16H23NO2/c1-11-4-3-5-14(12(11)2)17-9-13-6-7-15-16(8-13)19-10-18-15/h6-8,11-12,14,17H,3-5,9-10H2,1-2H3/t11-,12+,14+/m0/s1. The molecule has 1 aliphatic heterocycles. The summed E-state index contributed by atoms with van der Waals surface area (Å²) in [5.74, 6) is 3.35. The van der Waals surface area contributed by atoms with Crippen molar-refractivity contribution in [1.82, 2.24) is 5.32 Å². The summed E-state index contributed by atoms with van der Waals surface area (Å²) < 4.78 is 10.8. The number of hydrogen-bond acceptors (Lipinski definition) is 3. The number of ether oxygens (including phenoxy) is 2. The van der Waals surface area contributed by atoms with Crippen molar-refractivity contribution in [3.05, 3.63) is 23.8 Å². The molecule has 0 spiro atoms. The Hall–Kier alpha value is -1.22. The smallest absolute Gasteiger partial charge is 0.231 e. The Labute approximate surface area is 115 Å². The van der Waals surface area contributed by atoms with Gasteiger partial charge < -0.3 is 14.8 Å². The van der Waals surface area contributed by atoms with Crippen LogP contribution in [0.3, 0.4) is 0 Å². The van der Waals surface area contributed by atoms with Crippen LogP contribution >= 0.6 is 0 Å². The molecule has 1 aliphatic carbocycles. The summed E-state index contributed by atoms with van der Waals surface area (Å²) in [5.41, 5.74) is 1.27. The normalized spacial score (nSPS) is 29.5. The lowest BCUT2D eigenvalue weighted by atomic mass is 9.78. The minimum Gasteiger partial charge on any atom is -0.454 e. The lowest BCUT2D eigenvalue weighted by Gasteiger charge is -2.34. The van der Waals surface area contributed by atoms with E-state index in [1.165, 1.54) is 24.8 Å². The Balaban J connectivity index is 1.60. The molecule has 0 amide bonds. The monoisotopic (exact) mass is 261 g/mol. The first-order valence-electron chi connectivity index (χ1n) is 7.36. The van der Waals surface area contributed by atoms with Crippen molar-refractivity contribution in [2.45, 2.75) is 45.7 Å². The predicted octanol–water partition coefficient (Wildman–Crippen LogP) is 3.33. The zero-order valence-corrected chi connectivity index (χ0v) is 11.8. The molecule has 1 N–H and O–H groups in total. The van der Waals surface area contributed by atoms with Crippen LogP contribution in [0.25, 0.3) is 0 Å². The van der Waals surface area contributed by atoms with Gasteiger partial charge in [0, 0.05) is 12.6 Å². The van der Waals surface area contributed by atoms with Crippen molar-refractivity contribution in [3.63, 3.8) is 0 Å². The summed E-state index contributed by atoms with van der Waals surface area (Å²) >= 11 is 0. The van der Waals surface area contributed by atoms with E-state index in [1.807, 2.05) is 6.07 Å². The summed E-state index contributed by atoms with van der Waals surface area (Å²) in [6, 6.07) is 6.87. The highest BCUT2D eigenvalue weighted by Gasteiger charge is 2.26. The Morgan fingerprint density at radius 3 is 2.89 bits per heavy atom. The summed E-state index contributed by atoms with van der Waals surface area (Å²) in [4.78, 5) is 0. The second kappa shape index (κ2) is 5.41. The summed E-state index contributed by atoms with van der Waals surface area (Å²) in [7, 11) is 0. The van der Waals surface area contributed by atoms with Crippen LogP contribution in [0, 0.1) is 11.8 Å². The van der Waals surface area contributed by atoms with Crippen LogP contribution in [0.15, 0.2) is 18.2 Å². The first-order valence-corrected chi connectivity index (χ1v) is 7.36. The van der Waals surface area contributed by atoms with Gasteiger partial charge in [-0.1, -0.05) is 32.8 Å². The van der Waals surface area contributed by atoms with Gasteiger partial charge in [0.05, 0.1) is 0 Å². The van der Waals surface area contributed by atoms with Gasteiger partial charge >= 0.3 is 0 Å². The van der Waals surface area contributed by atoms with E-state index < -0.39 is 0 Å². The third-order valence-corrected chi connectivity index (χ3v) is 4.71. The highest BCUT2D eigenvalue weighted by molar-refractivity contribution is 5.44. The number of rotatable bonds is 3. The number of fused-ring (bicyclic) bond motifs is 1. The Bertz CT molecular complexity index is 446. The number of nitrogens with one attached hydrogen (secondary N) is 1. The molecule has 0 unspecified atom stereocenters. The molecule has 104 valence electrons. The number of benzene rings is 1. The van der Waals surface area contributed by atoms with Crippen LogP contribution in [0.5, 0.6) is 11.5 Å². The van der Waals surface area contributed by atoms with Crippen LogP contribution < -0.4 is 14.8 Å². The SMILES string of the molecule is C[C@@H]1[C@@H](C)CCC[C@H]1NCc1ccc2c(c1)OCO2. The minimum atomic E-state index is 0.351. The molecule has 0 aromatic heterocycles. The van der Waals surface area contributed by atoms with Crippen LogP contribution in [0.1, 0.15) is 38.7 Å². The highest BCUT2D eigenvalue weighted by Crippen LogP contribution is 2.33. The maximum Gasteiger partial charge on any atom is 0.231 e. The van der Waals surface area contributed by atoms with E-state index in [0.717, 1.165) is 29.9 Å². The molecule has 3 nitrogen and oxygen atoms in total. The molecule has 0 saturated heterocycles. The van der Waals surface area contributed by atoms with E-state index in [2.05, 4.69) is 31.3 Å². The fourth-order valence-corrected chi connectivity index (χ4v) is 3.17. The van der Waals surface area contributed by atoms with Gasteiger partial charge in [-0.2, -0.15) is 0 Å². The fourth-order valence-electron chi connectivity index (χ4n) is 3.17. The molecule has 3 heteroatoms. The first-order chi connectivity index (χ1) is 9.24. The maximum atomic E-state index is 5.42. The molecule has 1 saturated carbocycles. The summed E-state index contributed by atoms with van der Waals surface area (Å²) in [5, 5.41) is 3.71. The molecule has 1 aromatic rings. The fraction of sp³-hybridized carbons (Fsp3) is 0.625. The molecule has 0 bridgehead atoms. The van der Waals surface area contributed by atoms with Gasteiger partial charge in [-0.25, -0.2) is 0 Å². The molecule has 1 aromatic carbocycles. The third-order valence-electron chi connectivity index (χ3n) is 4.71. The maximum absolute atomic E-state index is 5.42. The average Bonchev–Trinajstić information content (AvgIpc) is 2.88. The van der Waals surface area contributed by atoms with Crippen LogP contribution in [0.2, 0.25) is 0 Å². The van der Waals surface area contributed by atoms with E-state index in [1.54, 1.807) is 0 Å². The molecule has 3 rings (SSSR count). The zero-order valence-electron chi connectivity index (χ0n) is 11.8. The second-order valence-electron chi connectivity index (χ2n) is 5.94. The van der Waals surface area contributed by atoms with Crippen LogP contribution in [-0.4, -0.2) is 12.8 Å². The molecule has 3 atom stereocenters. The highest BCUT2D eigenvalue weighted by atomic mass is 16.7. The van der Waals surface area contributed by atoms with Gasteiger partial charge in [0.2, 0.25) is 6.79 Å². The first kappa shape index (κ1) is 12.8. The van der Waals surface area contributed by atoms with Crippen molar-refractivity contribution in [3.8, 4) is 11.5 Å². The largest absolute Gasteiger partial charge is 0.454 e. The quantitative estimate of drug-likeness (QED) is 0.905. The lowest BCUT2D eigenvalue weighted by molar-refractivity contribution is 0.174. The second-order valence-corrected chi connectivity index (χ2v) is 5.94. The number of hydrogen-bond donors (Lipinski definition) is 1. The van der Waals surface area contributed by atoms with Gasteiger partial charge in [-0.15, -0.1) is 0 Å². The Kier molecular flexibility index (Phi) is 3.65. The lowest BCUT2D eigenvalue weighted by Crippen LogP contribution is -2.40. The van der Waals surface area contributed by atoms with Crippen molar-refractivity contribution in [2.24, 2.45) is 11.8 Å². The molecule has 0 radical (unpaired) electrons.